The van der Waals surface area contributed by atoms with Crippen LogP contribution >= 0.6 is 24.0 Å². The Hall–Kier alpha value is -1.60. The van der Waals surface area contributed by atoms with E-state index in [1.807, 2.05) is 36.0 Å². The molecule has 1 aromatic rings. The highest BCUT2D eigenvalue weighted by Gasteiger charge is 2.31. The Labute approximate surface area is 170 Å². The van der Waals surface area contributed by atoms with Crippen molar-refractivity contribution in [2.75, 3.05) is 6.54 Å². The molecule has 0 atom stereocenters. The Kier molecular flexibility index (Phi) is 9.07. The lowest BCUT2D eigenvalue weighted by atomic mass is 10.1. The van der Waals surface area contributed by atoms with Gasteiger partial charge in [-0.05, 0) is 37.5 Å². The maximum absolute atomic E-state index is 12.6. The van der Waals surface area contributed by atoms with Gasteiger partial charge in [-0.2, -0.15) is 0 Å². The van der Waals surface area contributed by atoms with Crippen LogP contribution < -0.4 is 5.11 Å². The number of thiocarbonyl (C=S) groups is 1. The van der Waals surface area contributed by atoms with Crippen LogP contribution in [-0.4, -0.2) is 32.2 Å². The van der Waals surface area contributed by atoms with Crippen molar-refractivity contribution in [1.82, 2.24) is 9.47 Å². The highest BCUT2D eigenvalue weighted by Crippen LogP contribution is 2.32. The average molecular weight is 408 g/mol. The van der Waals surface area contributed by atoms with E-state index in [-0.39, 0.29) is 12.3 Å². The van der Waals surface area contributed by atoms with Gasteiger partial charge in [0.25, 0.3) is 5.91 Å². The van der Waals surface area contributed by atoms with Crippen LogP contribution in [0.3, 0.4) is 0 Å². The topological polar surface area (TPSA) is 65.4 Å². The molecular weight excluding hydrogens is 380 g/mol. The summed E-state index contributed by atoms with van der Waals surface area (Å²) in [6.07, 6.45) is 12.2. The zero-order valence-electron chi connectivity index (χ0n) is 15.8. The number of unbranched alkanes of at least 4 members (excludes halogenated alkanes) is 7. The molecule has 0 unspecified atom stereocenters. The van der Waals surface area contributed by atoms with E-state index < -0.39 is 5.97 Å². The standard InChI is InChI=1S/C20H28N2O3S2/c1-21-13-10-11-16(21)15-17-19(25)22(20(26)27-17)14-9-7-5-3-2-4-6-8-12-18(23)24/h10-11,13,15H,2-9,12,14H2,1H3,(H,23,24)/p-1/b17-15+. The number of carboxylic acid groups (broad SMARTS) is 1. The monoisotopic (exact) mass is 407 g/mol. The molecule has 2 heterocycles. The third kappa shape index (κ3) is 7.14. The molecule has 0 saturated carbocycles. The number of amides is 1. The molecule has 1 aliphatic rings. The van der Waals surface area contributed by atoms with Crippen molar-refractivity contribution in [3.8, 4) is 0 Å². The molecule has 1 fully saturated rings. The molecule has 0 spiro atoms. The summed E-state index contributed by atoms with van der Waals surface area (Å²) in [6.45, 7) is 0.681. The number of thioether (sulfide) groups is 1. The molecule has 2 rings (SSSR count). The summed E-state index contributed by atoms with van der Waals surface area (Å²) in [6, 6.07) is 3.93. The molecular formula is C20H27N2O3S2-. The van der Waals surface area contributed by atoms with Crippen LogP contribution in [0.15, 0.2) is 23.2 Å². The number of carbonyl (C=O) groups is 2. The summed E-state index contributed by atoms with van der Waals surface area (Å²) < 4.78 is 2.62. The molecule has 1 aliphatic heterocycles. The van der Waals surface area contributed by atoms with Crippen molar-refractivity contribution in [3.63, 3.8) is 0 Å². The first-order valence-corrected chi connectivity index (χ1v) is 10.8. The van der Waals surface area contributed by atoms with Gasteiger partial charge in [0.05, 0.1) is 4.91 Å². The van der Waals surface area contributed by atoms with Crippen molar-refractivity contribution in [3.05, 3.63) is 28.9 Å². The lowest BCUT2D eigenvalue weighted by molar-refractivity contribution is -0.305. The van der Waals surface area contributed by atoms with Gasteiger partial charge in [0.2, 0.25) is 0 Å². The summed E-state index contributed by atoms with van der Waals surface area (Å²) in [5.41, 5.74) is 0.995. The lowest BCUT2D eigenvalue weighted by Gasteiger charge is -2.14. The van der Waals surface area contributed by atoms with Crippen molar-refractivity contribution in [2.24, 2.45) is 7.05 Å². The fourth-order valence-corrected chi connectivity index (χ4v) is 4.34. The highest BCUT2D eigenvalue weighted by molar-refractivity contribution is 8.26. The molecule has 1 amide bonds. The molecule has 0 N–H and O–H groups in total. The van der Waals surface area contributed by atoms with Gasteiger partial charge in [0, 0.05) is 31.5 Å². The first kappa shape index (κ1) is 21.7. The van der Waals surface area contributed by atoms with Gasteiger partial charge in [0.15, 0.2) is 0 Å². The number of rotatable bonds is 12. The first-order valence-electron chi connectivity index (χ1n) is 9.55. The van der Waals surface area contributed by atoms with E-state index in [9.17, 15) is 14.7 Å². The van der Waals surface area contributed by atoms with Gasteiger partial charge in [0.1, 0.15) is 4.32 Å². The number of aliphatic carboxylic acids is 1. The van der Waals surface area contributed by atoms with Gasteiger partial charge in [-0.15, -0.1) is 0 Å². The Balaban J connectivity index is 1.61. The van der Waals surface area contributed by atoms with Crippen molar-refractivity contribution >= 4 is 46.3 Å². The predicted molar refractivity (Wildman–Crippen MR) is 112 cm³/mol. The Morgan fingerprint density at radius 3 is 2.37 bits per heavy atom. The molecule has 27 heavy (non-hydrogen) atoms. The number of hydrogen-bond acceptors (Lipinski definition) is 5. The molecule has 1 saturated heterocycles. The fourth-order valence-electron chi connectivity index (χ4n) is 3.05. The van der Waals surface area contributed by atoms with Crippen LogP contribution in [0.2, 0.25) is 0 Å². The zero-order chi connectivity index (χ0) is 19.6. The Morgan fingerprint density at radius 1 is 1.15 bits per heavy atom. The normalized spacial score (nSPS) is 15.9. The van der Waals surface area contributed by atoms with Gasteiger partial charge in [-0.25, -0.2) is 0 Å². The van der Waals surface area contributed by atoms with Gasteiger partial charge in [-0.1, -0.05) is 62.5 Å². The van der Waals surface area contributed by atoms with E-state index in [1.54, 1.807) is 4.90 Å². The number of carbonyl (C=O) groups excluding carboxylic acids is 2. The maximum atomic E-state index is 12.6. The molecule has 1 aromatic heterocycles. The highest BCUT2D eigenvalue weighted by atomic mass is 32.2. The Morgan fingerprint density at radius 2 is 1.78 bits per heavy atom. The summed E-state index contributed by atoms with van der Waals surface area (Å²) in [4.78, 5) is 25.3. The molecule has 0 aliphatic carbocycles. The molecule has 0 radical (unpaired) electrons. The summed E-state index contributed by atoms with van der Waals surface area (Å²) in [5.74, 6) is -0.941. The van der Waals surface area contributed by atoms with Crippen LogP contribution in [0.4, 0.5) is 0 Å². The van der Waals surface area contributed by atoms with Gasteiger partial charge >= 0.3 is 0 Å². The van der Waals surface area contributed by atoms with Crippen LogP contribution in [0.5, 0.6) is 0 Å². The minimum Gasteiger partial charge on any atom is -0.550 e. The van der Waals surface area contributed by atoms with E-state index in [2.05, 4.69) is 0 Å². The summed E-state index contributed by atoms with van der Waals surface area (Å²) >= 11 is 6.76. The van der Waals surface area contributed by atoms with Crippen molar-refractivity contribution in [2.45, 2.75) is 57.8 Å². The molecule has 5 nitrogen and oxygen atoms in total. The second-order valence-electron chi connectivity index (χ2n) is 6.83. The van der Waals surface area contributed by atoms with Gasteiger partial charge in [-0.3, -0.25) is 9.69 Å². The van der Waals surface area contributed by atoms with E-state index in [1.165, 1.54) is 11.8 Å². The van der Waals surface area contributed by atoms with Crippen molar-refractivity contribution < 1.29 is 14.7 Å². The molecule has 148 valence electrons. The van der Waals surface area contributed by atoms with E-state index in [0.717, 1.165) is 50.6 Å². The zero-order valence-corrected chi connectivity index (χ0v) is 17.4. The summed E-state index contributed by atoms with van der Waals surface area (Å²) in [7, 11) is 1.95. The number of aromatic nitrogens is 1. The molecule has 7 heteroatoms. The third-order valence-corrected chi connectivity index (χ3v) is 6.03. The molecule has 0 aromatic carbocycles. The number of carboxylic acids is 1. The van der Waals surface area contributed by atoms with Crippen molar-refractivity contribution in [1.29, 1.82) is 0 Å². The molecule has 0 bridgehead atoms. The van der Waals surface area contributed by atoms with Crippen LogP contribution in [0.25, 0.3) is 6.08 Å². The van der Waals surface area contributed by atoms with E-state index in [4.69, 9.17) is 12.2 Å². The maximum Gasteiger partial charge on any atom is 0.266 e. The van der Waals surface area contributed by atoms with E-state index in [0.29, 0.717) is 22.2 Å². The quantitative estimate of drug-likeness (QED) is 0.301. The lowest BCUT2D eigenvalue weighted by Crippen LogP contribution is -2.29. The predicted octanol–water partition coefficient (Wildman–Crippen LogP) is 3.49. The number of hydrogen-bond donors (Lipinski definition) is 0. The first-order chi connectivity index (χ1) is 13.0. The Bertz CT molecular complexity index is 697. The van der Waals surface area contributed by atoms with E-state index >= 15 is 0 Å². The second kappa shape index (κ2) is 11.3. The second-order valence-corrected chi connectivity index (χ2v) is 8.50. The minimum absolute atomic E-state index is 0.0131. The smallest absolute Gasteiger partial charge is 0.266 e. The van der Waals surface area contributed by atoms with Crippen LogP contribution in [0.1, 0.15) is 63.5 Å². The third-order valence-electron chi connectivity index (χ3n) is 4.65. The number of nitrogens with zero attached hydrogens (tertiary/aromatic N) is 2. The SMILES string of the molecule is Cn1cccc1/C=C1/SC(=S)N(CCCCCCCCCCC(=O)[O-])C1=O. The van der Waals surface area contributed by atoms with Crippen LogP contribution in [0, 0.1) is 0 Å². The number of aryl methyl sites for hydroxylation is 1. The largest absolute Gasteiger partial charge is 0.550 e. The fraction of sp³-hybridized carbons (Fsp3) is 0.550. The summed E-state index contributed by atoms with van der Waals surface area (Å²) in [5, 5.41) is 10.3. The van der Waals surface area contributed by atoms with Crippen LogP contribution in [-0.2, 0) is 16.6 Å². The average Bonchev–Trinajstić information content (AvgIpc) is 3.14. The minimum atomic E-state index is -0.954. The van der Waals surface area contributed by atoms with Gasteiger partial charge < -0.3 is 14.5 Å².